The highest BCUT2D eigenvalue weighted by molar-refractivity contribution is 7.99. The molecule has 4 saturated carbocycles. The number of hydrogen-bond acceptors (Lipinski definition) is 5. The van der Waals surface area contributed by atoms with Crippen LogP contribution in [0.25, 0.3) is 6.08 Å². The SMILES string of the molecule is O=C([C@@H]1C[C@H](Sc2ccccn2)CN1C/C(Cl)=C/c1ccccc1)N1CCN(C2C3CC4CC(C3)CC2C4)CC1. The van der Waals surface area contributed by atoms with Gasteiger partial charge in [0.25, 0.3) is 0 Å². The highest BCUT2D eigenvalue weighted by Crippen LogP contribution is 2.55. The van der Waals surface area contributed by atoms with Crippen molar-refractivity contribution < 1.29 is 4.79 Å². The van der Waals surface area contributed by atoms with Gasteiger partial charge < -0.3 is 4.90 Å². The molecular formula is C33H41ClN4OS. The molecule has 0 radical (unpaired) electrons. The summed E-state index contributed by atoms with van der Waals surface area (Å²) in [5.74, 6) is 4.13. The maximum Gasteiger partial charge on any atom is 0.240 e. The first-order chi connectivity index (χ1) is 19.6. The lowest BCUT2D eigenvalue weighted by Gasteiger charge is -2.58. The predicted octanol–water partition coefficient (Wildman–Crippen LogP) is 5.87. The van der Waals surface area contributed by atoms with Crippen LogP contribution >= 0.6 is 23.4 Å². The Bertz CT molecular complexity index is 1170. The van der Waals surface area contributed by atoms with Gasteiger partial charge >= 0.3 is 0 Å². The zero-order valence-electron chi connectivity index (χ0n) is 23.3. The first-order valence-electron chi connectivity index (χ1n) is 15.3. The van der Waals surface area contributed by atoms with Gasteiger partial charge in [-0.25, -0.2) is 4.98 Å². The van der Waals surface area contributed by atoms with E-state index >= 15 is 0 Å². The smallest absolute Gasteiger partial charge is 0.240 e. The van der Waals surface area contributed by atoms with Crippen molar-refractivity contribution in [3.63, 3.8) is 0 Å². The van der Waals surface area contributed by atoms with Crippen LogP contribution in [0.15, 0.2) is 64.8 Å². The molecular weight excluding hydrogens is 536 g/mol. The molecule has 4 bridgehead atoms. The molecule has 7 heteroatoms. The summed E-state index contributed by atoms with van der Waals surface area (Å²) in [6.45, 7) is 5.22. The second kappa shape index (κ2) is 11.8. The number of rotatable bonds is 7. The van der Waals surface area contributed by atoms with Gasteiger partial charge in [0.2, 0.25) is 5.91 Å². The third kappa shape index (κ3) is 5.74. The van der Waals surface area contributed by atoms with Crippen LogP contribution in [0.1, 0.15) is 44.1 Å². The molecule has 8 rings (SSSR count). The van der Waals surface area contributed by atoms with Crippen LogP contribution in [-0.2, 0) is 4.79 Å². The molecule has 2 aliphatic heterocycles. The summed E-state index contributed by atoms with van der Waals surface area (Å²) in [5, 5.41) is 2.12. The van der Waals surface area contributed by atoms with Gasteiger partial charge in [0.1, 0.15) is 0 Å². The molecule has 212 valence electrons. The average molecular weight is 577 g/mol. The van der Waals surface area contributed by atoms with Gasteiger partial charge in [0.15, 0.2) is 0 Å². The molecule has 1 aromatic heterocycles. The van der Waals surface area contributed by atoms with Crippen molar-refractivity contribution in [2.75, 3.05) is 39.3 Å². The molecule has 2 aromatic rings. The molecule has 0 unspecified atom stereocenters. The number of hydrogen-bond donors (Lipinski definition) is 0. The molecule has 0 spiro atoms. The fraction of sp³-hybridized carbons (Fsp3) is 0.576. The zero-order valence-corrected chi connectivity index (χ0v) is 24.9. The van der Waals surface area contributed by atoms with Gasteiger partial charge in [-0.3, -0.25) is 14.6 Å². The summed E-state index contributed by atoms with van der Waals surface area (Å²) >= 11 is 8.58. The lowest BCUT2D eigenvalue weighted by Crippen LogP contribution is -2.61. The van der Waals surface area contributed by atoms with Crippen LogP contribution in [0.5, 0.6) is 0 Å². The van der Waals surface area contributed by atoms with E-state index in [1.807, 2.05) is 42.6 Å². The van der Waals surface area contributed by atoms with Crippen molar-refractivity contribution in [3.8, 4) is 0 Å². The summed E-state index contributed by atoms with van der Waals surface area (Å²) in [6, 6.07) is 16.9. The standard InChI is InChI=1S/C33H41ClN4OS/c34-28(19-23-6-2-1-3-7-23)21-38-22-29(40-31-8-4-5-9-35-31)20-30(38)33(39)37-12-10-36(11-13-37)32-26-15-24-14-25(17-26)18-27(32)16-24/h1-9,19,24-27,29-30,32H,10-18,20-22H2/b28-19-/t24?,25?,26?,27?,29-,30-,32?/m0/s1. The van der Waals surface area contributed by atoms with Gasteiger partial charge in [-0.2, -0.15) is 0 Å². The molecule has 4 aliphatic carbocycles. The second-order valence-electron chi connectivity index (χ2n) is 12.9. The maximum atomic E-state index is 14.1. The van der Waals surface area contributed by atoms with Gasteiger partial charge in [-0.15, -0.1) is 11.8 Å². The Morgan fingerprint density at radius 3 is 2.27 bits per heavy atom. The van der Waals surface area contributed by atoms with E-state index in [9.17, 15) is 4.79 Å². The van der Waals surface area contributed by atoms with Crippen LogP contribution in [0, 0.1) is 23.7 Å². The number of carbonyl (C=O) groups excluding carboxylic acids is 1. The summed E-state index contributed by atoms with van der Waals surface area (Å²) in [7, 11) is 0. The van der Waals surface area contributed by atoms with E-state index in [-0.39, 0.29) is 11.9 Å². The summed E-state index contributed by atoms with van der Waals surface area (Å²) in [4.78, 5) is 25.8. The molecule has 40 heavy (non-hydrogen) atoms. The highest BCUT2D eigenvalue weighted by Gasteiger charge is 2.50. The first kappa shape index (κ1) is 27.0. The van der Waals surface area contributed by atoms with E-state index < -0.39 is 0 Å². The van der Waals surface area contributed by atoms with Crippen LogP contribution in [0.4, 0.5) is 0 Å². The Morgan fingerprint density at radius 1 is 0.900 bits per heavy atom. The van der Waals surface area contributed by atoms with Crippen molar-refractivity contribution in [2.45, 2.75) is 60.9 Å². The van der Waals surface area contributed by atoms with Crippen LogP contribution in [0.2, 0.25) is 0 Å². The Morgan fingerprint density at radius 2 is 1.60 bits per heavy atom. The quantitative estimate of drug-likeness (QED) is 0.412. The second-order valence-corrected chi connectivity index (χ2v) is 14.7. The van der Waals surface area contributed by atoms with E-state index in [4.69, 9.17) is 11.6 Å². The minimum Gasteiger partial charge on any atom is -0.339 e. The number of amides is 1. The molecule has 2 atom stereocenters. The third-order valence-corrected chi connectivity index (χ3v) is 11.7. The number of piperazine rings is 1. The average Bonchev–Trinajstić information content (AvgIpc) is 3.35. The van der Waals surface area contributed by atoms with Gasteiger partial charge in [0, 0.05) is 61.8 Å². The van der Waals surface area contributed by atoms with Gasteiger partial charge in [0.05, 0.1) is 11.1 Å². The topological polar surface area (TPSA) is 39.7 Å². The number of carbonyl (C=O) groups is 1. The number of likely N-dealkylation sites (tertiary alicyclic amines) is 1. The number of nitrogens with zero attached hydrogens (tertiary/aromatic N) is 4. The van der Waals surface area contributed by atoms with Crippen molar-refractivity contribution in [2.24, 2.45) is 23.7 Å². The Kier molecular flexibility index (Phi) is 7.96. The fourth-order valence-electron chi connectivity index (χ4n) is 8.88. The molecule has 2 saturated heterocycles. The summed E-state index contributed by atoms with van der Waals surface area (Å²) < 4.78 is 0. The van der Waals surface area contributed by atoms with E-state index in [1.165, 1.54) is 32.1 Å². The van der Waals surface area contributed by atoms with Crippen LogP contribution in [0.3, 0.4) is 0 Å². The number of aromatic nitrogens is 1. The Hall–Kier alpha value is -1.86. The molecule has 1 amide bonds. The van der Waals surface area contributed by atoms with E-state index in [2.05, 4.69) is 37.9 Å². The fourth-order valence-corrected chi connectivity index (χ4v) is 10.3. The maximum absolute atomic E-state index is 14.1. The lowest BCUT2D eigenvalue weighted by atomic mass is 9.54. The van der Waals surface area contributed by atoms with Crippen molar-refractivity contribution in [1.82, 2.24) is 19.7 Å². The van der Waals surface area contributed by atoms with Crippen LogP contribution < -0.4 is 0 Å². The van der Waals surface area contributed by atoms with E-state index in [0.717, 1.165) is 84.5 Å². The number of benzene rings is 1. The highest BCUT2D eigenvalue weighted by atomic mass is 35.5. The Balaban J connectivity index is 1.02. The molecule has 5 nitrogen and oxygen atoms in total. The van der Waals surface area contributed by atoms with Gasteiger partial charge in [-0.05, 0) is 86.0 Å². The summed E-state index contributed by atoms with van der Waals surface area (Å²) in [5.41, 5.74) is 1.09. The molecule has 3 heterocycles. The summed E-state index contributed by atoms with van der Waals surface area (Å²) in [6.07, 6.45) is 12.1. The number of pyridine rings is 1. The lowest BCUT2D eigenvalue weighted by molar-refractivity contribution is -0.139. The van der Waals surface area contributed by atoms with Gasteiger partial charge in [-0.1, -0.05) is 48.0 Å². The minimum atomic E-state index is -0.133. The Labute approximate surface area is 248 Å². The number of thioether (sulfide) groups is 1. The van der Waals surface area contributed by atoms with E-state index in [0.29, 0.717) is 11.8 Å². The van der Waals surface area contributed by atoms with Crippen molar-refractivity contribution in [3.05, 3.63) is 65.3 Å². The number of halogens is 1. The van der Waals surface area contributed by atoms with Crippen molar-refractivity contribution in [1.29, 1.82) is 0 Å². The molecule has 6 fully saturated rings. The molecule has 6 aliphatic rings. The molecule has 0 N–H and O–H groups in total. The molecule has 1 aromatic carbocycles. The zero-order chi connectivity index (χ0) is 27.1. The monoisotopic (exact) mass is 576 g/mol. The largest absolute Gasteiger partial charge is 0.339 e. The minimum absolute atomic E-state index is 0.133. The normalized spacial score (nSPS) is 34.5. The van der Waals surface area contributed by atoms with Crippen molar-refractivity contribution >= 4 is 35.3 Å². The van der Waals surface area contributed by atoms with E-state index in [1.54, 1.807) is 11.8 Å². The predicted molar refractivity (Wildman–Crippen MR) is 163 cm³/mol. The van der Waals surface area contributed by atoms with Crippen LogP contribution in [-0.4, -0.2) is 82.2 Å². The first-order valence-corrected chi connectivity index (χ1v) is 16.6. The third-order valence-electron chi connectivity index (χ3n) is 10.3.